The second kappa shape index (κ2) is 10.8. The van der Waals surface area contributed by atoms with E-state index in [1.54, 1.807) is 31.4 Å². The Morgan fingerprint density at radius 1 is 1.00 bits per heavy atom. The molecule has 0 unspecified atom stereocenters. The Balaban J connectivity index is 1.30. The van der Waals surface area contributed by atoms with Gasteiger partial charge in [-0.15, -0.1) is 0 Å². The normalized spacial score (nSPS) is 10.4. The van der Waals surface area contributed by atoms with Gasteiger partial charge in [-0.2, -0.15) is 5.10 Å². The number of aromatic nitrogens is 2. The number of nitrogens with zero attached hydrogens (tertiary/aromatic N) is 2. The number of amides is 2. The minimum Gasteiger partial charge on any atom is -0.497 e. The van der Waals surface area contributed by atoms with Crippen LogP contribution in [0.4, 0.5) is 0 Å². The van der Waals surface area contributed by atoms with Crippen molar-refractivity contribution in [2.45, 2.75) is 19.3 Å². The second-order valence-corrected chi connectivity index (χ2v) is 6.82. The van der Waals surface area contributed by atoms with Crippen LogP contribution in [-0.4, -0.2) is 41.8 Å². The first kappa shape index (κ1) is 21.1. The lowest BCUT2D eigenvalue weighted by Gasteiger charge is -2.07. The molecule has 2 aromatic carbocycles. The van der Waals surface area contributed by atoms with Crippen molar-refractivity contribution in [3.8, 4) is 11.4 Å². The van der Waals surface area contributed by atoms with Crippen molar-refractivity contribution in [1.29, 1.82) is 0 Å². The molecule has 2 amide bonds. The Hall–Kier alpha value is -3.61. The van der Waals surface area contributed by atoms with Crippen LogP contribution < -0.4 is 15.4 Å². The van der Waals surface area contributed by atoms with Crippen LogP contribution in [-0.2, 0) is 11.2 Å². The first-order valence-corrected chi connectivity index (χ1v) is 9.93. The molecule has 0 saturated heterocycles. The molecule has 0 saturated carbocycles. The molecule has 156 valence electrons. The molecule has 3 aromatic rings. The Bertz CT molecular complexity index is 952. The molecule has 3 rings (SSSR count). The van der Waals surface area contributed by atoms with E-state index < -0.39 is 0 Å². The summed E-state index contributed by atoms with van der Waals surface area (Å²) in [5.41, 5.74) is 2.63. The summed E-state index contributed by atoms with van der Waals surface area (Å²) < 4.78 is 6.90. The van der Waals surface area contributed by atoms with Crippen LogP contribution in [0, 0.1) is 0 Å². The largest absolute Gasteiger partial charge is 0.497 e. The molecule has 0 fully saturated rings. The van der Waals surface area contributed by atoms with Gasteiger partial charge in [0.05, 0.1) is 19.0 Å². The van der Waals surface area contributed by atoms with Crippen LogP contribution in [0.2, 0.25) is 0 Å². The van der Waals surface area contributed by atoms with Crippen molar-refractivity contribution in [3.63, 3.8) is 0 Å². The highest BCUT2D eigenvalue weighted by Gasteiger charge is 2.07. The maximum atomic E-state index is 12.1. The van der Waals surface area contributed by atoms with Crippen molar-refractivity contribution in [1.82, 2.24) is 20.4 Å². The zero-order valence-corrected chi connectivity index (χ0v) is 17.0. The third-order valence-corrected chi connectivity index (χ3v) is 4.61. The Kier molecular flexibility index (Phi) is 7.60. The van der Waals surface area contributed by atoms with E-state index in [2.05, 4.69) is 15.7 Å². The van der Waals surface area contributed by atoms with Crippen LogP contribution >= 0.6 is 0 Å². The minimum absolute atomic E-state index is 0.0239. The van der Waals surface area contributed by atoms with Gasteiger partial charge < -0.3 is 15.4 Å². The van der Waals surface area contributed by atoms with Crippen molar-refractivity contribution in [2.24, 2.45) is 0 Å². The predicted molar refractivity (Wildman–Crippen MR) is 115 cm³/mol. The molecule has 0 aliphatic carbocycles. The van der Waals surface area contributed by atoms with E-state index in [1.165, 1.54) is 0 Å². The van der Waals surface area contributed by atoms with Crippen LogP contribution in [0.15, 0.2) is 67.0 Å². The lowest BCUT2D eigenvalue weighted by Crippen LogP contribution is -2.28. The summed E-state index contributed by atoms with van der Waals surface area (Å²) in [4.78, 5) is 24.0. The summed E-state index contributed by atoms with van der Waals surface area (Å²) in [6.45, 7) is 1.000. The number of carbonyl (C=O) groups is 2. The summed E-state index contributed by atoms with van der Waals surface area (Å²) in [6.07, 6.45) is 5.45. The van der Waals surface area contributed by atoms with Gasteiger partial charge in [0.1, 0.15) is 5.75 Å². The number of methoxy groups -OCH3 is 1. The third kappa shape index (κ3) is 6.20. The SMILES string of the molecule is COc1ccc(C(=O)NCCCC(=O)NCCc2cnn(-c3ccccc3)c2)cc1. The number of carbonyl (C=O) groups excluding carboxylic acids is 2. The average Bonchev–Trinajstić information content (AvgIpc) is 3.26. The molecule has 1 heterocycles. The fraction of sp³-hybridized carbons (Fsp3) is 0.261. The molecule has 0 radical (unpaired) electrons. The number of benzene rings is 2. The maximum Gasteiger partial charge on any atom is 0.251 e. The van der Waals surface area contributed by atoms with E-state index >= 15 is 0 Å². The highest BCUT2D eigenvalue weighted by atomic mass is 16.5. The lowest BCUT2D eigenvalue weighted by atomic mass is 10.2. The molecule has 0 bridgehead atoms. The van der Waals surface area contributed by atoms with Crippen LogP contribution in [0.1, 0.15) is 28.8 Å². The van der Waals surface area contributed by atoms with Gasteiger partial charge in [-0.25, -0.2) is 4.68 Å². The van der Waals surface area contributed by atoms with Gasteiger partial charge in [0.25, 0.3) is 5.91 Å². The van der Waals surface area contributed by atoms with Gasteiger partial charge >= 0.3 is 0 Å². The van der Waals surface area contributed by atoms with E-state index in [-0.39, 0.29) is 11.8 Å². The zero-order chi connectivity index (χ0) is 21.2. The van der Waals surface area contributed by atoms with E-state index in [0.717, 1.165) is 11.3 Å². The Labute approximate surface area is 176 Å². The predicted octanol–water partition coefficient (Wildman–Crippen LogP) is 2.75. The molecule has 1 aromatic heterocycles. The standard InChI is InChI=1S/C23H26N4O3/c1-30-21-11-9-19(10-12-21)23(29)25-14-5-8-22(28)24-15-13-18-16-26-27(17-18)20-6-3-2-4-7-20/h2-4,6-7,9-12,16-17H,5,8,13-15H2,1H3,(H,24,28)(H,25,29). The highest BCUT2D eigenvalue weighted by molar-refractivity contribution is 5.94. The summed E-state index contributed by atoms with van der Waals surface area (Å²) in [5.74, 6) is 0.522. The van der Waals surface area contributed by atoms with Gasteiger partial charge in [0.15, 0.2) is 0 Å². The minimum atomic E-state index is -0.159. The smallest absolute Gasteiger partial charge is 0.251 e. The zero-order valence-electron chi connectivity index (χ0n) is 17.0. The summed E-state index contributed by atoms with van der Waals surface area (Å²) in [6, 6.07) is 16.8. The van der Waals surface area contributed by atoms with Crippen LogP contribution in [0.5, 0.6) is 5.75 Å². The maximum absolute atomic E-state index is 12.1. The van der Waals surface area contributed by atoms with Gasteiger partial charge in [-0.05, 0) is 54.8 Å². The van der Waals surface area contributed by atoms with Gasteiger partial charge in [0, 0.05) is 31.3 Å². The van der Waals surface area contributed by atoms with E-state index in [4.69, 9.17) is 4.74 Å². The molecular weight excluding hydrogens is 380 g/mol. The van der Waals surface area contributed by atoms with Crippen LogP contribution in [0.3, 0.4) is 0 Å². The number of rotatable bonds is 10. The topological polar surface area (TPSA) is 85.2 Å². The van der Waals surface area contributed by atoms with Crippen LogP contribution in [0.25, 0.3) is 5.69 Å². The fourth-order valence-corrected chi connectivity index (χ4v) is 2.94. The molecule has 0 aliphatic heterocycles. The number of para-hydroxylation sites is 1. The van der Waals surface area contributed by atoms with Gasteiger partial charge in [-0.1, -0.05) is 18.2 Å². The Morgan fingerprint density at radius 3 is 2.50 bits per heavy atom. The summed E-state index contributed by atoms with van der Waals surface area (Å²) >= 11 is 0. The molecule has 0 spiro atoms. The van der Waals surface area contributed by atoms with Crippen molar-refractivity contribution >= 4 is 11.8 Å². The average molecular weight is 406 g/mol. The summed E-state index contributed by atoms with van der Waals surface area (Å²) in [7, 11) is 1.58. The Morgan fingerprint density at radius 2 is 1.77 bits per heavy atom. The molecule has 0 aliphatic rings. The van der Waals surface area contributed by atoms with Crippen molar-refractivity contribution in [3.05, 3.63) is 78.1 Å². The lowest BCUT2D eigenvalue weighted by molar-refractivity contribution is -0.121. The van der Waals surface area contributed by atoms with Crippen molar-refractivity contribution < 1.29 is 14.3 Å². The van der Waals surface area contributed by atoms with Gasteiger partial charge in [-0.3, -0.25) is 9.59 Å². The van der Waals surface area contributed by atoms with E-state index in [1.807, 2.05) is 47.4 Å². The van der Waals surface area contributed by atoms with E-state index in [0.29, 0.717) is 43.7 Å². The molecule has 7 nitrogen and oxygen atoms in total. The number of hydrogen-bond acceptors (Lipinski definition) is 4. The molecule has 2 N–H and O–H groups in total. The fourth-order valence-electron chi connectivity index (χ4n) is 2.94. The molecule has 0 atom stereocenters. The van der Waals surface area contributed by atoms with Crippen molar-refractivity contribution in [2.75, 3.05) is 20.2 Å². The molecular formula is C23H26N4O3. The number of ether oxygens (including phenoxy) is 1. The quantitative estimate of drug-likeness (QED) is 0.507. The summed E-state index contributed by atoms with van der Waals surface area (Å²) in [5, 5.41) is 10.1. The third-order valence-electron chi connectivity index (χ3n) is 4.61. The molecule has 7 heteroatoms. The first-order valence-electron chi connectivity index (χ1n) is 9.93. The molecule has 30 heavy (non-hydrogen) atoms. The van der Waals surface area contributed by atoms with Gasteiger partial charge in [0.2, 0.25) is 5.91 Å². The first-order chi connectivity index (χ1) is 14.7. The second-order valence-electron chi connectivity index (χ2n) is 6.82. The van der Waals surface area contributed by atoms with E-state index in [9.17, 15) is 9.59 Å². The number of nitrogens with one attached hydrogen (secondary N) is 2. The monoisotopic (exact) mass is 406 g/mol. The number of hydrogen-bond donors (Lipinski definition) is 2. The highest BCUT2D eigenvalue weighted by Crippen LogP contribution is 2.11.